The quantitative estimate of drug-likeness (QED) is 0.559. The summed E-state index contributed by atoms with van der Waals surface area (Å²) in [6.07, 6.45) is -1.59. The second kappa shape index (κ2) is 5.75. The van der Waals surface area contributed by atoms with E-state index < -0.39 is 24.9 Å². The summed E-state index contributed by atoms with van der Waals surface area (Å²) < 4.78 is 45.3. The van der Waals surface area contributed by atoms with Crippen LogP contribution < -0.4 is 0 Å². The van der Waals surface area contributed by atoms with Gasteiger partial charge in [-0.25, -0.2) is 4.79 Å². The lowest BCUT2D eigenvalue weighted by Crippen LogP contribution is -2.39. The molecule has 0 radical (unpaired) electrons. The van der Waals surface area contributed by atoms with Crippen molar-refractivity contribution in [3.63, 3.8) is 0 Å². The lowest BCUT2D eigenvalue weighted by molar-refractivity contribution is -0.166. The summed E-state index contributed by atoms with van der Waals surface area (Å²) in [5, 5.41) is 0. The highest BCUT2D eigenvalue weighted by Gasteiger charge is 2.35. The molecule has 0 aliphatic heterocycles. The molecule has 0 fully saturated rings. The van der Waals surface area contributed by atoms with Crippen molar-refractivity contribution < 1.29 is 27.1 Å². The number of carbonyl (C=O) groups excluding carboxylic acids is 1. The zero-order valence-corrected chi connectivity index (χ0v) is 10.8. The van der Waals surface area contributed by atoms with Crippen LogP contribution in [-0.2, 0) is 14.2 Å². The summed E-state index contributed by atoms with van der Waals surface area (Å²) in [5.41, 5.74) is -0.825. The zero-order chi connectivity index (χ0) is 13.9. The van der Waals surface area contributed by atoms with Gasteiger partial charge in [-0.1, -0.05) is 13.8 Å². The Kier molecular flexibility index (Phi) is 5.51. The van der Waals surface area contributed by atoms with Crippen LogP contribution in [0.3, 0.4) is 0 Å². The van der Waals surface area contributed by atoms with E-state index in [1.807, 2.05) is 0 Å². The Morgan fingerprint density at radius 2 is 1.71 bits per heavy atom. The molecule has 0 heterocycles. The molecule has 0 rings (SSSR count). The third-order valence-corrected chi connectivity index (χ3v) is 1.67. The van der Waals surface area contributed by atoms with Crippen molar-refractivity contribution in [1.82, 2.24) is 0 Å². The first-order valence-corrected chi connectivity index (χ1v) is 5.50. The van der Waals surface area contributed by atoms with Crippen molar-refractivity contribution >= 4 is 13.1 Å². The van der Waals surface area contributed by atoms with Gasteiger partial charge < -0.3 is 22.3 Å². The van der Waals surface area contributed by atoms with Crippen LogP contribution in [-0.4, -0.2) is 24.9 Å². The predicted octanol–water partition coefficient (Wildman–Crippen LogP) is 3.10. The normalized spacial score (nSPS) is 14.9. The molecule has 0 bridgehead atoms. The number of hydrogen-bond acceptors (Lipinski definition) is 3. The number of halogens is 3. The Morgan fingerprint density at radius 1 is 1.24 bits per heavy atom. The maximum absolute atomic E-state index is 12.2. The van der Waals surface area contributed by atoms with Crippen LogP contribution in [0.1, 0.15) is 41.0 Å². The van der Waals surface area contributed by atoms with Crippen LogP contribution >= 0.6 is 0 Å². The molecule has 0 aliphatic rings. The molecule has 0 amide bonds. The van der Waals surface area contributed by atoms with E-state index in [1.54, 1.807) is 34.6 Å². The standard InChI is InChI=1S/C10H19BF3O3/c1-7(2)6-8(17-11(12,13)14)9(15)16-10(3,4)5/h7-8H,6H2,1-5H3/q-1. The Bertz CT molecular complexity index is 259. The van der Waals surface area contributed by atoms with Gasteiger partial charge in [0.05, 0.1) is 0 Å². The van der Waals surface area contributed by atoms with Crippen molar-refractivity contribution in [3.05, 3.63) is 0 Å². The minimum absolute atomic E-state index is 0.0177. The van der Waals surface area contributed by atoms with Crippen molar-refractivity contribution in [1.29, 1.82) is 0 Å². The van der Waals surface area contributed by atoms with Gasteiger partial charge in [-0.2, -0.15) is 0 Å². The number of hydrogen-bond donors (Lipinski definition) is 0. The smallest absolute Gasteiger partial charge is 0.497 e. The predicted molar refractivity (Wildman–Crippen MR) is 59.3 cm³/mol. The zero-order valence-electron chi connectivity index (χ0n) is 10.8. The first-order valence-electron chi connectivity index (χ1n) is 5.50. The van der Waals surface area contributed by atoms with E-state index in [4.69, 9.17) is 4.74 Å². The number of rotatable bonds is 5. The van der Waals surface area contributed by atoms with E-state index >= 15 is 0 Å². The van der Waals surface area contributed by atoms with Crippen LogP contribution in [0, 0.1) is 5.92 Å². The third-order valence-electron chi connectivity index (χ3n) is 1.67. The van der Waals surface area contributed by atoms with Gasteiger partial charge in [-0.3, -0.25) is 0 Å². The van der Waals surface area contributed by atoms with Gasteiger partial charge in [0.2, 0.25) is 0 Å². The summed E-state index contributed by atoms with van der Waals surface area (Å²) in [6, 6.07) is 0. The van der Waals surface area contributed by atoms with Crippen LogP contribution in [0.4, 0.5) is 12.9 Å². The molecule has 0 spiro atoms. The Labute approximate surface area is 99.7 Å². The molecule has 0 saturated heterocycles. The second-order valence-corrected chi connectivity index (χ2v) is 5.30. The average molecular weight is 255 g/mol. The molecule has 1 atom stereocenters. The minimum atomic E-state index is -5.46. The highest BCUT2D eigenvalue weighted by molar-refractivity contribution is 6.51. The number of carbonyl (C=O) groups is 1. The topological polar surface area (TPSA) is 35.5 Å². The van der Waals surface area contributed by atoms with Crippen molar-refractivity contribution in [3.8, 4) is 0 Å². The van der Waals surface area contributed by atoms with E-state index in [2.05, 4.69) is 4.65 Å². The lowest BCUT2D eigenvalue weighted by Gasteiger charge is -2.29. The Hall–Kier alpha value is -0.715. The lowest BCUT2D eigenvalue weighted by atomic mass is 10.0. The largest absolute Gasteiger partial charge is 0.638 e. The van der Waals surface area contributed by atoms with E-state index in [0.29, 0.717) is 0 Å². The summed E-state index contributed by atoms with van der Waals surface area (Å²) in [7, 11) is -5.46. The van der Waals surface area contributed by atoms with E-state index in [1.165, 1.54) is 0 Å². The fraction of sp³-hybridized carbons (Fsp3) is 0.900. The van der Waals surface area contributed by atoms with Gasteiger partial charge in [-0.05, 0) is 33.1 Å². The molecule has 0 N–H and O–H groups in total. The molecular formula is C10H19BF3O3-. The fourth-order valence-corrected chi connectivity index (χ4v) is 1.19. The molecule has 17 heavy (non-hydrogen) atoms. The highest BCUT2D eigenvalue weighted by atomic mass is 19.4. The minimum Gasteiger partial charge on any atom is -0.497 e. The summed E-state index contributed by atoms with van der Waals surface area (Å²) in [5.74, 6) is -1.06. The summed E-state index contributed by atoms with van der Waals surface area (Å²) >= 11 is 0. The molecule has 0 aromatic carbocycles. The molecule has 7 heteroatoms. The Balaban J connectivity index is 4.63. The molecule has 0 saturated carbocycles. The van der Waals surface area contributed by atoms with Gasteiger partial charge in [0.15, 0.2) is 0 Å². The number of ether oxygens (including phenoxy) is 1. The van der Waals surface area contributed by atoms with Crippen LogP contribution in [0.5, 0.6) is 0 Å². The molecule has 0 aliphatic carbocycles. The highest BCUT2D eigenvalue weighted by Crippen LogP contribution is 2.21. The summed E-state index contributed by atoms with van der Waals surface area (Å²) in [4.78, 5) is 11.5. The van der Waals surface area contributed by atoms with Crippen LogP contribution in [0.2, 0.25) is 0 Å². The maximum atomic E-state index is 12.2. The average Bonchev–Trinajstić information content (AvgIpc) is 1.95. The first kappa shape index (κ1) is 16.3. The molecule has 0 aromatic rings. The maximum Gasteiger partial charge on any atom is 0.638 e. The van der Waals surface area contributed by atoms with E-state index in [9.17, 15) is 17.7 Å². The third kappa shape index (κ3) is 9.03. The van der Waals surface area contributed by atoms with Crippen molar-refractivity contribution in [2.24, 2.45) is 5.92 Å². The monoisotopic (exact) mass is 255 g/mol. The van der Waals surface area contributed by atoms with Crippen LogP contribution in [0.15, 0.2) is 0 Å². The molecular weight excluding hydrogens is 236 g/mol. The first-order chi connectivity index (χ1) is 7.41. The van der Waals surface area contributed by atoms with E-state index in [-0.39, 0.29) is 12.3 Å². The van der Waals surface area contributed by atoms with Gasteiger partial charge >= 0.3 is 13.1 Å². The molecule has 0 aromatic heterocycles. The van der Waals surface area contributed by atoms with E-state index in [0.717, 1.165) is 0 Å². The van der Waals surface area contributed by atoms with Crippen LogP contribution in [0.25, 0.3) is 0 Å². The van der Waals surface area contributed by atoms with Gasteiger partial charge in [0.1, 0.15) is 11.7 Å². The summed E-state index contributed by atoms with van der Waals surface area (Å²) in [6.45, 7) is 8.20. The SMILES string of the molecule is CC(C)CC(O[B-](F)(F)F)C(=O)OC(C)(C)C. The Morgan fingerprint density at radius 3 is 2.00 bits per heavy atom. The molecule has 1 unspecified atom stereocenters. The van der Waals surface area contributed by atoms with Crippen molar-refractivity contribution in [2.75, 3.05) is 0 Å². The molecule has 102 valence electrons. The van der Waals surface area contributed by atoms with Gasteiger partial charge in [-0.15, -0.1) is 0 Å². The van der Waals surface area contributed by atoms with Crippen molar-refractivity contribution in [2.45, 2.75) is 52.7 Å². The number of esters is 1. The molecule has 3 nitrogen and oxygen atoms in total. The van der Waals surface area contributed by atoms with Gasteiger partial charge in [0.25, 0.3) is 0 Å². The second-order valence-electron chi connectivity index (χ2n) is 5.30. The fourth-order valence-electron chi connectivity index (χ4n) is 1.19. The van der Waals surface area contributed by atoms with Gasteiger partial charge in [0, 0.05) is 0 Å².